The molecule has 0 bridgehead atoms. The van der Waals surface area contributed by atoms with E-state index in [0.717, 1.165) is 4.90 Å². The van der Waals surface area contributed by atoms with Crippen molar-refractivity contribution < 1.29 is 19.3 Å². The Morgan fingerprint density at radius 3 is 2.12 bits per heavy atom. The van der Waals surface area contributed by atoms with E-state index in [2.05, 4.69) is 5.32 Å². The highest BCUT2D eigenvalue weighted by atomic mass is 35.5. The number of nitrogens with one attached hydrogen (secondary N) is 1. The molecule has 4 rings (SSSR count). The molecule has 10 heteroatoms. The SMILES string of the molecule is O=C(Nc1cccc([N+](=O)[O-])c1)[C@H](Cc1ccccc1)N1C(=O)c2cc(Cl)c(Cl)cc2C1=O. The van der Waals surface area contributed by atoms with E-state index in [1.54, 1.807) is 30.3 Å². The normalized spacial score (nSPS) is 13.6. The van der Waals surface area contributed by atoms with Crippen molar-refractivity contribution in [3.05, 3.63) is 104 Å². The van der Waals surface area contributed by atoms with Crippen LogP contribution in [0.2, 0.25) is 10.0 Å². The number of hydrogen-bond donors (Lipinski definition) is 1. The van der Waals surface area contributed by atoms with E-state index in [4.69, 9.17) is 23.2 Å². The monoisotopic (exact) mass is 483 g/mol. The lowest BCUT2D eigenvalue weighted by Crippen LogP contribution is -2.48. The number of benzene rings is 3. The fraction of sp³-hybridized carbons (Fsp3) is 0.0870. The van der Waals surface area contributed by atoms with E-state index in [0.29, 0.717) is 5.56 Å². The van der Waals surface area contributed by atoms with E-state index >= 15 is 0 Å². The van der Waals surface area contributed by atoms with Crippen LogP contribution in [0.3, 0.4) is 0 Å². The molecular formula is C23H15Cl2N3O5. The van der Waals surface area contributed by atoms with Gasteiger partial charge in [0.1, 0.15) is 6.04 Å². The Hall–Kier alpha value is -3.75. The van der Waals surface area contributed by atoms with Gasteiger partial charge in [-0.3, -0.25) is 29.4 Å². The maximum atomic E-state index is 13.3. The van der Waals surface area contributed by atoms with Gasteiger partial charge in [-0.2, -0.15) is 0 Å². The highest BCUT2D eigenvalue weighted by Gasteiger charge is 2.43. The maximum absolute atomic E-state index is 13.3. The number of halogens is 2. The van der Waals surface area contributed by atoms with Gasteiger partial charge < -0.3 is 5.32 Å². The van der Waals surface area contributed by atoms with E-state index in [-0.39, 0.29) is 39.0 Å². The Labute approximate surface area is 197 Å². The van der Waals surface area contributed by atoms with Crippen molar-refractivity contribution in [3.63, 3.8) is 0 Å². The summed E-state index contributed by atoms with van der Waals surface area (Å²) in [5.74, 6) is -2.03. The minimum absolute atomic E-state index is 0.0362. The van der Waals surface area contributed by atoms with Crippen LogP contribution in [-0.2, 0) is 11.2 Å². The number of imide groups is 1. The van der Waals surface area contributed by atoms with Crippen molar-refractivity contribution in [2.75, 3.05) is 5.32 Å². The van der Waals surface area contributed by atoms with Crippen molar-refractivity contribution in [1.29, 1.82) is 0 Å². The zero-order valence-electron chi connectivity index (χ0n) is 16.8. The molecule has 0 radical (unpaired) electrons. The Kier molecular flexibility index (Phi) is 6.13. The lowest BCUT2D eigenvalue weighted by atomic mass is 10.0. The molecule has 1 aliphatic rings. The summed E-state index contributed by atoms with van der Waals surface area (Å²) in [6, 6.07) is 15.6. The molecule has 3 aromatic carbocycles. The quantitative estimate of drug-likeness (QED) is 0.309. The Morgan fingerprint density at radius 2 is 1.55 bits per heavy atom. The van der Waals surface area contributed by atoms with Crippen molar-refractivity contribution in [1.82, 2.24) is 4.90 Å². The molecule has 0 saturated heterocycles. The van der Waals surface area contributed by atoms with E-state index in [1.807, 2.05) is 0 Å². The summed E-state index contributed by atoms with van der Waals surface area (Å²) in [6.45, 7) is 0. The highest BCUT2D eigenvalue weighted by Crippen LogP contribution is 2.33. The molecule has 166 valence electrons. The molecule has 1 atom stereocenters. The highest BCUT2D eigenvalue weighted by molar-refractivity contribution is 6.43. The number of carbonyl (C=O) groups is 3. The van der Waals surface area contributed by atoms with Crippen molar-refractivity contribution in [2.45, 2.75) is 12.5 Å². The van der Waals surface area contributed by atoms with Crippen LogP contribution in [0.5, 0.6) is 0 Å². The number of hydrogen-bond acceptors (Lipinski definition) is 5. The molecule has 3 amide bonds. The van der Waals surface area contributed by atoms with Crippen LogP contribution in [0.4, 0.5) is 11.4 Å². The third-order valence-corrected chi connectivity index (χ3v) is 5.89. The van der Waals surface area contributed by atoms with Crippen LogP contribution in [0, 0.1) is 10.1 Å². The second-order valence-corrected chi connectivity index (χ2v) is 8.11. The third-order valence-electron chi connectivity index (χ3n) is 5.17. The van der Waals surface area contributed by atoms with Crippen LogP contribution < -0.4 is 5.32 Å². The number of carbonyl (C=O) groups excluding carboxylic acids is 3. The van der Waals surface area contributed by atoms with Crippen molar-refractivity contribution >= 4 is 52.3 Å². The van der Waals surface area contributed by atoms with Crippen molar-refractivity contribution in [2.24, 2.45) is 0 Å². The van der Waals surface area contributed by atoms with E-state index in [9.17, 15) is 24.5 Å². The fourth-order valence-electron chi connectivity index (χ4n) is 3.60. The molecule has 1 heterocycles. The third kappa shape index (κ3) is 4.44. The molecule has 0 spiro atoms. The number of fused-ring (bicyclic) bond motifs is 1. The van der Waals surface area contributed by atoms with Crippen LogP contribution in [0.15, 0.2) is 66.7 Å². The van der Waals surface area contributed by atoms with Crippen LogP contribution in [-0.4, -0.2) is 33.6 Å². The summed E-state index contributed by atoms with van der Waals surface area (Å²) < 4.78 is 0. The predicted molar refractivity (Wildman–Crippen MR) is 123 cm³/mol. The summed E-state index contributed by atoms with van der Waals surface area (Å²) in [6.07, 6.45) is 0.0362. The molecule has 0 aromatic heterocycles. The summed E-state index contributed by atoms with van der Waals surface area (Å²) >= 11 is 12.0. The molecule has 0 fully saturated rings. The van der Waals surface area contributed by atoms with Gasteiger partial charge in [0.05, 0.1) is 26.1 Å². The van der Waals surface area contributed by atoms with Gasteiger partial charge >= 0.3 is 0 Å². The average Bonchev–Trinajstić information content (AvgIpc) is 3.02. The largest absolute Gasteiger partial charge is 0.324 e. The molecule has 33 heavy (non-hydrogen) atoms. The van der Waals surface area contributed by atoms with Gasteiger partial charge in [-0.25, -0.2) is 0 Å². The molecule has 1 aliphatic heterocycles. The number of nitro benzene ring substituents is 1. The number of non-ortho nitro benzene ring substituents is 1. The minimum Gasteiger partial charge on any atom is -0.324 e. The van der Waals surface area contributed by atoms with Gasteiger partial charge in [0.25, 0.3) is 17.5 Å². The first-order valence-corrected chi connectivity index (χ1v) is 10.5. The average molecular weight is 484 g/mol. The first-order chi connectivity index (χ1) is 15.8. The summed E-state index contributed by atoms with van der Waals surface area (Å²) in [5.41, 5.74) is 0.767. The molecule has 8 nitrogen and oxygen atoms in total. The number of amides is 3. The lowest BCUT2D eigenvalue weighted by Gasteiger charge is -2.25. The number of nitrogens with zero attached hydrogens (tertiary/aromatic N) is 2. The molecule has 0 saturated carbocycles. The van der Waals surface area contributed by atoms with Gasteiger partial charge in [0, 0.05) is 24.2 Å². The summed E-state index contributed by atoms with van der Waals surface area (Å²) in [7, 11) is 0. The number of nitro groups is 1. The smallest absolute Gasteiger partial charge is 0.271 e. The number of anilines is 1. The molecule has 0 aliphatic carbocycles. The lowest BCUT2D eigenvalue weighted by molar-refractivity contribution is -0.384. The Morgan fingerprint density at radius 1 is 0.939 bits per heavy atom. The standard InChI is InChI=1S/C23H15Cl2N3O5/c24-18-11-16-17(12-19(18)25)23(31)27(22(16)30)20(9-13-5-2-1-3-6-13)21(29)26-14-7-4-8-15(10-14)28(32)33/h1-8,10-12,20H,9H2,(H,26,29)/t20-/m0/s1. The zero-order valence-corrected chi connectivity index (χ0v) is 18.3. The van der Waals surface area contributed by atoms with Crippen molar-refractivity contribution in [3.8, 4) is 0 Å². The zero-order chi connectivity index (χ0) is 23.7. The van der Waals surface area contributed by atoms with Gasteiger partial charge in [0.15, 0.2) is 0 Å². The van der Waals surface area contributed by atoms with Gasteiger partial charge in [-0.15, -0.1) is 0 Å². The second-order valence-electron chi connectivity index (χ2n) is 7.29. The van der Waals surface area contributed by atoms with Gasteiger partial charge in [-0.1, -0.05) is 59.6 Å². The number of rotatable bonds is 6. The second kappa shape index (κ2) is 9.01. The maximum Gasteiger partial charge on any atom is 0.271 e. The van der Waals surface area contributed by atoms with Gasteiger partial charge in [-0.05, 0) is 23.8 Å². The van der Waals surface area contributed by atoms with Crippen LogP contribution >= 0.6 is 23.2 Å². The first-order valence-electron chi connectivity index (χ1n) is 9.72. The minimum atomic E-state index is -1.23. The predicted octanol–water partition coefficient (Wildman–Crippen LogP) is 4.75. The van der Waals surface area contributed by atoms with Crippen LogP contribution in [0.25, 0.3) is 0 Å². The van der Waals surface area contributed by atoms with E-state index in [1.165, 1.54) is 36.4 Å². The topological polar surface area (TPSA) is 110 Å². The molecular weight excluding hydrogens is 469 g/mol. The van der Waals surface area contributed by atoms with E-state index < -0.39 is 28.7 Å². The fourth-order valence-corrected chi connectivity index (χ4v) is 3.92. The molecule has 3 aromatic rings. The molecule has 1 N–H and O–H groups in total. The first kappa shape index (κ1) is 22.4. The van der Waals surface area contributed by atoms with Gasteiger partial charge in [0.2, 0.25) is 5.91 Å². The van der Waals surface area contributed by atoms with Crippen LogP contribution in [0.1, 0.15) is 26.3 Å². The summed E-state index contributed by atoms with van der Waals surface area (Å²) in [5, 5.41) is 13.9. The molecule has 0 unspecified atom stereocenters. The Balaban J connectivity index is 1.70. The summed E-state index contributed by atoms with van der Waals surface area (Å²) in [4.78, 5) is 50.9. The Bertz CT molecular complexity index is 1260.